The molecule has 106 valence electrons. The highest BCUT2D eigenvalue weighted by molar-refractivity contribution is 5.92. The summed E-state index contributed by atoms with van der Waals surface area (Å²) in [5, 5.41) is 27.8. The first-order valence-electron chi connectivity index (χ1n) is 6.70. The monoisotopic (exact) mass is 266 g/mol. The second-order valence-electron chi connectivity index (χ2n) is 5.31. The van der Waals surface area contributed by atoms with Crippen LogP contribution in [0, 0.1) is 5.92 Å². The Kier molecular flexibility index (Phi) is 5.67. The number of carbonyl (C=O) groups is 1. The molecule has 0 aliphatic rings. The molecule has 0 aliphatic heterocycles. The minimum atomic E-state index is -1.23. The van der Waals surface area contributed by atoms with E-state index >= 15 is 0 Å². The molecule has 0 aliphatic carbocycles. The van der Waals surface area contributed by atoms with Crippen LogP contribution in [0.2, 0.25) is 0 Å². The third-order valence-electron chi connectivity index (χ3n) is 3.13. The summed E-state index contributed by atoms with van der Waals surface area (Å²) in [6, 6.07) is 2.87. The number of benzene rings is 1. The van der Waals surface area contributed by atoms with E-state index in [9.17, 15) is 15.0 Å². The van der Waals surface area contributed by atoms with Crippen LogP contribution in [0.25, 0.3) is 0 Å². The number of unbranched alkanes of at least 4 members (excludes halogenated alkanes) is 2. The summed E-state index contributed by atoms with van der Waals surface area (Å²) in [7, 11) is 0. The van der Waals surface area contributed by atoms with E-state index in [0.717, 1.165) is 24.8 Å². The van der Waals surface area contributed by atoms with Crippen LogP contribution in [-0.2, 0) is 6.42 Å². The zero-order chi connectivity index (χ0) is 14.4. The summed E-state index contributed by atoms with van der Waals surface area (Å²) < 4.78 is 0. The summed E-state index contributed by atoms with van der Waals surface area (Å²) >= 11 is 0. The van der Waals surface area contributed by atoms with Crippen LogP contribution < -0.4 is 0 Å². The van der Waals surface area contributed by atoms with E-state index in [1.807, 2.05) is 0 Å². The van der Waals surface area contributed by atoms with Crippen molar-refractivity contribution < 1.29 is 20.1 Å². The Bertz CT molecular complexity index is 438. The summed E-state index contributed by atoms with van der Waals surface area (Å²) in [6.45, 7) is 4.38. The van der Waals surface area contributed by atoms with Crippen molar-refractivity contribution in [3.8, 4) is 11.5 Å². The molecule has 3 N–H and O–H groups in total. The number of aromatic carboxylic acids is 1. The van der Waals surface area contributed by atoms with Crippen molar-refractivity contribution in [2.45, 2.75) is 46.0 Å². The third-order valence-corrected chi connectivity index (χ3v) is 3.13. The largest absolute Gasteiger partial charge is 0.504 e. The SMILES string of the molecule is CC(C)CCCCCc1cc(O)c(O)c(C(=O)O)c1. The van der Waals surface area contributed by atoms with Gasteiger partial charge in [-0.3, -0.25) is 0 Å². The zero-order valence-corrected chi connectivity index (χ0v) is 11.5. The average molecular weight is 266 g/mol. The highest BCUT2D eigenvalue weighted by Crippen LogP contribution is 2.31. The zero-order valence-electron chi connectivity index (χ0n) is 11.5. The molecule has 4 heteroatoms. The van der Waals surface area contributed by atoms with E-state index in [4.69, 9.17) is 5.11 Å². The molecule has 0 saturated carbocycles. The van der Waals surface area contributed by atoms with Crippen molar-refractivity contribution in [3.05, 3.63) is 23.3 Å². The van der Waals surface area contributed by atoms with E-state index < -0.39 is 11.7 Å². The van der Waals surface area contributed by atoms with Crippen LogP contribution in [0.4, 0.5) is 0 Å². The lowest BCUT2D eigenvalue weighted by atomic mass is 10.0. The smallest absolute Gasteiger partial charge is 0.339 e. The van der Waals surface area contributed by atoms with Gasteiger partial charge >= 0.3 is 5.97 Å². The number of rotatable bonds is 7. The first-order chi connectivity index (χ1) is 8.91. The molecule has 19 heavy (non-hydrogen) atoms. The molecular weight excluding hydrogens is 244 g/mol. The van der Waals surface area contributed by atoms with Crippen LogP contribution in [0.15, 0.2) is 12.1 Å². The van der Waals surface area contributed by atoms with Crippen LogP contribution in [0.5, 0.6) is 11.5 Å². The van der Waals surface area contributed by atoms with Gasteiger partial charge in [-0.25, -0.2) is 4.79 Å². The molecule has 0 aromatic heterocycles. The minimum Gasteiger partial charge on any atom is -0.504 e. The van der Waals surface area contributed by atoms with Crippen LogP contribution in [0.3, 0.4) is 0 Å². The number of phenols is 2. The van der Waals surface area contributed by atoms with Gasteiger partial charge in [0.05, 0.1) is 0 Å². The lowest BCUT2D eigenvalue weighted by Crippen LogP contribution is -1.99. The molecule has 1 rings (SSSR count). The van der Waals surface area contributed by atoms with E-state index in [2.05, 4.69) is 13.8 Å². The third kappa shape index (κ3) is 4.81. The number of aromatic hydroxyl groups is 2. The number of hydrogen-bond donors (Lipinski definition) is 3. The molecule has 0 atom stereocenters. The maximum Gasteiger partial charge on any atom is 0.339 e. The van der Waals surface area contributed by atoms with Gasteiger partial charge in [0.1, 0.15) is 5.56 Å². The lowest BCUT2D eigenvalue weighted by molar-refractivity contribution is 0.0693. The molecule has 1 aromatic carbocycles. The van der Waals surface area contributed by atoms with Gasteiger partial charge in [-0.1, -0.05) is 33.1 Å². The predicted molar refractivity (Wildman–Crippen MR) is 73.7 cm³/mol. The summed E-state index contributed by atoms with van der Waals surface area (Å²) in [5.41, 5.74) is 0.509. The number of carboxylic acids is 1. The summed E-state index contributed by atoms with van der Waals surface area (Å²) in [5.74, 6) is -1.45. The normalized spacial score (nSPS) is 10.9. The van der Waals surface area contributed by atoms with Gasteiger partial charge in [-0.05, 0) is 36.5 Å². The summed E-state index contributed by atoms with van der Waals surface area (Å²) in [4.78, 5) is 10.9. The molecule has 1 aromatic rings. The molecule has 0 amide bonds. The van der Waals surface area contributed by atoms with E-state index in [0.29, 0.717) is 12.3 Å². The quantitative estimate of drug-likeness (QED) is 0.521. The lowest BCUT2D eigenvalue weighted by Gasteiger charge is -2.08. The Morgan fingerprint density at radius 1 is 1.16 bits per heavy atom. The number of aryl methyl sites for hydroxylation is 1. The Morgan fingerprint density at radius 2 is 1.84 bits per heavy atom. The summed E-state index contributed by atoms with van der Waals surface area (Å²) in [6.07, 6.45) is 5.11. The van der Waals surface area contributed by atoms with E-state index in [1.165, 1.54) is 18.6 Å². The number of hydrogen-bond acceptors (Lipinski definition) is 3. The van der Waals surface area contributed by atoms with Crippen molar-refractivity contribution in [2.75, 3.05) is 0 Å². The Morgan fingerprint density at radius 3 is 2.42 bits per heavy atom. The topological polar surface area (TPSA) is 77.8 Å². The van der Waals surface area contributed by atoms with Crippen molar-refractivity contribution in [3.63, 3.8) is 0 Å². The van der Waals surface area contributed by atoms with Crippen LogP contribution >= 0.6 is 0 Å². The molecular formula is C15H22O4. The molecule has 4 nitrogen and oxygen atoms in total. The second-order valence-corrected chi connectivity index (χ2v) is 5.31. The predicted octanol–water partition coefficient (Wildman–Crippen LogP) is 3.55. The van der Waals surface area contributed by atoms with Crippen molar-refractivity contribution >= 4 is 5.97 Å². The minimum absolute atomic E-state index is 0.239. The van der Waals surface area contributed by atoms with Crippen LogP contribution in [-0.4, -0.2) is 21.3 Å². The maximum absolute atomic E-state index is 10.9. The van der Waals surface area contributed by atoms with Gasteiger partial charge in [-0.15, -0.1) is 0 Å². The Hall–Kier alpha value is -1.71. The first-order valence-corrected chi connectivity index (χ1v) is 6.70. The van der Waals surface area contributed by atoms with Gasteiger partial charge in [0.2, 0.25) is 0 Å². The van der Waals surface area contributed by atoms with Crippen molar-refractivity contribution in [1.29, 1.82) is 0 Å². The van der Waals surface area contributed by atoms with Crippen LogP contribution in [0.1, 0.15) is 55.5 Å². The second kappa shape index (κ2) is 7.02. The fraction of sp³-hybridized carbons (Fsp3) is 0.533. The van der Waals surface area contributed by atoms with Gasteiger partial charge in [-0.2, -0.15) is 0 Å². The first kappa shape index (κ1) is 15.3. The van der Waals surface area contributed by atoms with Crippen molar-refractivity contribution in [1.82, 2.24) is 0 Å². The number of phenolic OH excluding ortho intramolecular Hbond substituents is 1. The fourth-order valence-corrected chi connectivity index (χ4v) is 2.04. The highest BCUT2D eigenvalue weighted by Gasteiger charge is 2.14. The van der Waals surface area contributed by atoms with Gasteiger partial charge < -0.3 is 15.3 Å². The molecule has 0 radical (unpaired) electrons. The van der Waals surface area contributed by atoms with Gasteiger partial charge in [0.15, 0.2) is 11.5 Å². The van der Waals surface area contributed by atoms with Crippen molar-refractivity contribution in [2.24, 2.45) is 5.92 Å². The van der Waals surface area contributed by atoms with Gasteiger partial charge in [0.25, 0.3) is 0 Å². The molecule has 0 bridgehead atoms. The Balaban J connectivity index is 2.57. The highest BCUT2D eigenvalue weighted by atomic mass is 16.4. The maximum atomic E-state index is 10.9. The van der Waals surface area contributed by atoms with E-state index in [-0.39, 0.29) is 11.3 Å². The molecule has 0 unspecified atom stereocenters. The molecule has 0 heterocycles. The standard InChI is InChI=1S/C15H22O4/c1-10(2)6-4-3-5-7-11-8-12(15(18)19)14(17)13(16)9-11/h8-10,16-17H,3-7H2,1-2H3,(H,18,19). The average Bonchev–Trinajstić information content (AvgIpc) is 2.32. The number of carboxylic acid groups (broad SMARTS) is 1. The molecule has 0 fully saturated rings. The molecule has 0 saturated heterocycles. The van der Waals surface area contributed by atoms with E-state index in [1.54, 1.807) is 0 Å². The fourth-order valence-electron chi connectivity index (χ4n) is 2.04. The Labute approximate surface area is 113 Å². The molecule has 0 spiro atoms. The van der Waals surface area contributed by atoms with Gasteiger partial charge in [0, 0.05) is 0 Å².